The summed E-state index contributed by atoms with van der Waals surface area (Å²) in [5, 5.41) is 74.4. The van der Waals surface area contributed by atoms with E-state index in [2.05, 4.69) is 5.32 Å². The van der Waals surface area contributed by atoms with Gasteiger partial charge in [0.2, 0.25) is 5.91 Å². The van der Waals surface area contributed by atoms with Crippen LogP contribution in [0, 0.1) is 11.8 Å². The average Bonchev–Trinajstić information content (AvgIpc) is 3.02. The zero-order valence-electron chi connectivity index (χ0n) is 30.6. The highest BCUT2D eigenvalue weighted by Gasteiger charge is 2.54. The van der Waals surface area contributed by atoms with Gasteiger partial charge in [0.15, 0.2) is 18.7 Å². The van der Waals surface area contributed by atoms with E-state index in [-0.39, 0.29) is 12.8 Å². The molecule has 1 saturated carbocycles. The lowest BCUT2D eigenvalue weighted by atomic mass is 9.75. The van der Waals surface area contributed by atoms with Crippen molar-refractivity contribution in [2.45, 2.75) is 159 Å². The van der Waals surface area contributed by atoms with Gasteiger partial charge in [0.25, 0.3) is 0 Å². The Morgan fingerprint density at radius 3 is 1.67 bits per heavy atom. The minimum absolute atomic E-state index is 0.282. The number of carboxylic acid groups (broad SMARTS) is 1. The maximum absolute atomic E-state index is 13.6. The molecule has 0 radical (unpaired) electrons. The summed E-state index contributed by atoms with van der Waals surface area (Å²) < 4.78 is 40.7. The monoisotopic (exact) mass is 753 g/mol. The van der Waals surface area contributed by atoms with Crippen LogP contribution in [0.3, 0.4) is 0 Å². The maximum atomic E-state index is 13.6. The Balaban J connectivity index is 2.05. The Morgan fingerprint density at radius 1 is 0.731 bits per heavy atom. The molecule has 3 fully saturated rings. The smallest absolute Gasteiger partial charge is 0.332 e. The molecule has 0 aromatic carbocycles. The summed E-state index contributed by atoms with van der Waals surface area (Å²) in [5.74, 6) is -5.96. The van der Waals surface area contributed by atoms with Crippen LogP contribution in [0.4, 0.5) is 0 Å². The van der Waals surface area contributed by atoms with Crippen LogP contribution in [0.2, 0.25) is 0 Å². The van der Waals surface area contributed by atoms with Gasteiger partial charge in [0.1, 0.15) is 60.0 Å². The van der Waals surface area contributed by atoms with E-state index >= 15 is 0 Å². The fraction of sp³-hybridized carbons (Fsp3) is 0.879. The van der Waals surface area contributed by atoms with Crippen LogP contribution < -0.4 is 5.32 Å². The third-order valence-corrected chi connectivity index (χ3v) is 8.69. The fourth-order valence-corrected chi connectivity index (χ4v) is 6.26. The van der Waals surface area contributed by atoms with Gasteiger partial charge in [-0.05, 0) is 61.3 Å². The summed E-state index contributed by atoms with van der Waals surface area (Å²) in [4.78, 5) is 51.5. The first-order valence-electron chi connectivity index (χ1n) is 17.1. The van der Waals surface area contributed by atoms with Crippen LogP contribution in [-0.2, 0) is 52.3 Å². The molecule has 19 heteroatoms. The molecule has 19 nitrogen and oxygen atoms in total. The zero-order valence-corrected chi connectivity index (χ0v) is 30.6. The largest absolute Gasteiger partial charge is 0.479 e. The summed E-state index contributed by atoms with van der Waals surface area (Å²) in [7, 11) is 0. The highest BCUT2D eigenvalue weighted by molar-refractivity contribution is 5.83. The molecule has 0 aromatic heterocycles. The lowest BCUT2D eigenvalue weighted by molar-refractivity contribution is -0.350. The second-order valence-corrected chi connectivity index (χ2v) is 15.3. The Morgan fingerprint density at radius 2 is 1.21 bits per heavy atom. The van der Waals surface area contributed by atoms with E-state index in [9.17, 15) is 54.9 Å². The summed E-state index contributed by atoms with van der Waals surface area (Å²) in [6.45, 7) is 10.6. The fourth-order valence-electron chi connectivity index (χ4n) is 6.26. The van der Waals surface area contributed by atoms with Crippen LogP contribution in [0.25, 0.3) is 0 Å². The van der Waals surface area contributed by atoms with Gasteiger partial charge in [-0.25, -0.2) is 4.79 Å². The van der Waals surface area contributed by atoms with Gasteiger partial charge < -0.3 is 74.2 Å². The second-order valence-electron chi connectivity index (χ2n) is 15.3. The number of ether oxygens (including phenoxy) is 7. The molecule has 0 spiro atoms. The number of aliphatic carboxylic acids is 1. The number of rotatable bonds is 12. The number of carbonyl (C=O) groups excluding carboxylic acids is 3. The van der Waals surface area contributed by atoms with E-state index in [0.29, 0.717) is 0 Å². The van der Waals surface area contributed by atoms with Crippen molar-refractivity contribution in [2.75, 3.05) is 13.2 Å². The van der Waals surface area contributed by atoms with E-state index in [1.165, 1.54) is 6.92 Å². The molecule has 1 amide bonds. The Bertz CT molecular complexity index is 1230. The van der Waals surface area contributed by atoms with Gasteiger partial charge in [-0.1, -0.05) is 0 Å². The third-order valence-electron chi connectivity index (χ3n) is 8.69. The number of hydrogen-bond donors (Lipinski definition) is 8. The standard InChI is InChI=1S/C33H55NO18/c1-13(27(42)43)46-17-9-15(28(44)51-32(3,4)5)16(29(45)52-33(6,7)8)10-18(17)47-30-21(34-14(2)37)26(23(39)20(12-36)48-30)50-31-25(41)24(40)22(38)19(11-35)49-31/h13,15-26,30-31,35-36,38-41H,9-12H2,1-8H3,(H,34,37)(H,42,43)/t13-,15-,16+,17-,18+,19-,20-,21-,22+,23+,24+,25-,26-,30-,31+/m1/s1. The first-order chi connectivity index (χ1) is 24.0. The molecule has 1 aliphatic carbocycles. The summed E-state index contributed by atoms with van der Waals surface area (Å²) in [5.41, 5.74) is -1.93. The second kappa shape index (κ2) is 17.7. The topological polar surface area (TPSA) is 287 Å². The molecule has 300 valence electrons. The van der Waals surface area contributed by atoms with Gasteiger partial charge in [-0.15, -0.1) is 0 Å². The first kappa shape index (κ1) is 43.8. The van der Waals surface area contributed by atoms with Crippen LogP contribution >= 0.6 is 0 Å². The van der Waals surface area contributed by atoms with Crippen LogP contribution in [-0.4, -0.2) is 164 Å². The van der Waals surface area contributed by atoms with Crippen molar-refractivity contribution < 1.29 is 88.1 Å². The van der Waals surface area contributed by atoms with E-state index in [0.717, 1.165) is 6.92 Å². The molecule has 8 N–H and O–H groups in total. The van der Waals surface area contributed by atoms with Crippen LogP contribution in [0.5, 0.6) is 0 Å². The van der Waals surface area contributed by atoms with Crippen molar-refractivity contribution >= 4 is 23.8 Å². The Hall–Kier alpha value is -2.56. The van der Waals surface area contributed by atoms with Crippen molar-refractivity contribution in [3.8, 4) is 0 Å². The zero-order chi connectivity index (χ0) is 39.5. The van der Waals surface area contributed by atoms with E-state index in [1.54, 1.807) is 41.5 Å². The number of esters is 2. The number of nitrogens with one attached hydrogen (secondary N) is 1. The lowest BCUT2D eigenvalue weighted by Gasteiger charge is -2.49. The predicted molar refractivity (Wildman–Crippen MR) is 173 cm³/mol. The summed E-state index contributed by atoms with van der Waals surface area (Å²) in [6.07, 6.45) is -19.7. The number of amides is 1. The lowest BCUT2D eigenvalue weighted by Crippen LogP contribution is -2.68. The summed E-state index contributed by atoms with van der Waals surface area (Å²) >= 11 is 0. The van der Waals surface area contributed by atoms with E-state index < -0.39 is 140 Å². The van der Waals surface area contributed by atoms with Crippen LogP contribution in [0.1, 0.15) is 68.2 Å². The van der Waals surface area contributed by atoms with Crippen LogP contribution in [0.15, 0.2) is 0 Å². The van der Waals surface area contributed by atoms with Gasteiger partial charge in [-0.2, -0.15) is 0 Å². The molecule has 0 unspecified atom stereocenters. The molecule has 15 atom stereocenters. The molecule has 2 saturated heterocycles. The Labute approximate surface area is 301 Å². The minimum atomic E-state index is -1.91. The molecule has 3 rings (SSSR count). The number of aliphatic hydroxyl groups excluding tert-OH is 6. The first-order valence-corrected chi connectivity index (χ1v) is 17.1. The molecule has 2 heterocycles. The maximum Gasteiger partial charge on any atom is 0.332 e. The average molecular weight is 754 g/mol. The molecule has 52 heavy (non-hydrogen) atoms. The Kier molecular flexibility index (Phi) is 14.9. The molecular formula is C33H55NO18. The van der Waals surface area contributed by atoms with Gasteiger partial charge >= 0.3 is 17.9 Å². The molecule has 2 aliphatic heterocycles. The molecule has 0 aromatic rings. The number of carboxylic acids is 1. The summed E-state index contributed by atoms with van der Waals surface area (Å²) in [6, 6.07) is -1.48. The number of aliphatic hydroxyl groups is 6. The van der Waals surface area contributed by atoms with Gasteiger partial charge in [0.05, 0.1) is 37.3 Å². The minimum Gasteiger partial charge on any atom is -0.479 e. The highest BCUT2D eigenvalue weighted by atomic mass is 16.7. The van der Waals surface area contributed by atoms with E-state index in [4.69, 9.17) is 33.2 Å². The van der Waals surface area contributed by atoms with Crippen molar-refractivity contribution in [1.82, 2.24) is 5.32 Å². The SMILES string of the molecule is CC(=O)N[C@H]1[C@H](O[C@H]2C[C@H](C(=O)OC(C)(C)C)[C@H](C(=O)OC(C)(C)C)C[C@H]2O[C@H](C)C(=O)O)O[C@H](CO)[C@H](O)[C@@H]1O[C@@H]1O[C@H](CO)[C@H](O)[C@H](O)[C@H]1O. The van der Waals surface area contributed by atoms with Crippen molar-refractivity contribution in [3.63, 3.8) is 0 Å². The van der Waals surface area contributed by atoms with Crippen molar-refractivity contribution in [3.05, 3.63) is 0 Å². The third kappa shape index (κ3) is 11.2. The number of hydrogen-bond acceptors (Lipinski definition) is 17. The molecule has 0 bridgehead atoms. The molecule has 3 aliphatic rings. The molecular weight excluding hydrogens is 698 g/mol. The predicted octanol–water partition coefficient (Wildman–Crippen LogP) is -2.29. The number of carbonyl (C=O) groups is 4. The highest BCUT2D eigenvalue weighted by Crippen LogP contribution is 2.40. The van der Waals surface area contributed by atoms with E-state index in [1.807, 2.05) is 0 Å². The van der Waals surface area contributed by atoms with Crippen molar-refractivity contribution in [2.24, 2.45) is 11.8 Å². The van der Waals surface area contributed by atoms with Gasteiger partial charge in [-0.3, -0.25) is 14.4 Å². The quantitative estimate of drug-likeness (QED) is 0.0973. The van der Waals surface area contributed by atoms with Crippen molar-refractivity contribution in [1.29, 1.82) is 0 Å². The normalized spacial score (nSPS) is 37.8. The van der Waals surface area contributed by atoms with Gasteiger partial charge in [0, 0.05) is 6.92 Å².